The fourth-order valence-electron chi connectivity index (χ4n) is 2.99. The van der Waals surface area contributed by atoms with Gasteiger partial charge in [-0.15, -0.1) is 0 Å². The number of hydrogen-bond donors (Lipinski definition) is 0. The molecule has 0 aliphatic carbocycles. The van der Waals surface area contributed by atoms with E-state index in [1.165, 1.54) is 12.2 Å². The van der Waals surface area contributed by atoms with Crippen molar-refractivity contribution in [2.24, 2.45) is 0 Å². The highest BCUT2D eigenvalue weighted by Gasteiger charge is 2.30. The van der Waals surface area contributed by atoms with Gasteiger partial charge in [0.15, 0.2) is 0 Å². The molecule has 3 aromatic rings. The molecule has 0 saturated heterocycles. The quantitative estimate of drug-likeness (QED) is 0.382. The molecule has 0 saturated carbocycles. The molecule has 1 nitrogen and oxygen atoms in total. The van der Waals surface area contributed by atoms with Crippen LogP contribution < -0.4 is 4.74 Å². The van der Waals surface area contributed by atoms with E-state index in [2.05, 4.69) is 0 Å². The van der Waals surface area contributed by atoms with E-state index in [0.29, 0.717) is 34.9 Å². The van der Waals surface area contributed by atoms with Crippen LogP contribution >= 0.6 is 0 Å². The molecule has 0 fully saturated rings. The van der Waals surface area contributed by atoms with E-state index >= 15 is 0 Å². The highest BCUT2D eigenvalue weighted by Crippen LogP contribution is 2.31. The molecule has 0 spiro atoms. The second-order valence-electron chi connectivity index (χ2n) is 6.61. The van der Waals surface area contributed by atoms with E-state index in [1.807, 2.05) is 6.92 Å². The topological polar surface area (TPSA) is 9.23 Å². The van der Waals surface area contributed by atoms with E-state index in [-0.39, 0.29) is 18.0 Å². The molecule has 3 aromatic carbocycles. The maximum absolute atomic E-state index is 14.6. The highest BCUT2D eigenvalue weighted by atomic mass is 19.4. The maximum Gasteiger partial charge on any atom is 0.416 e. The Labute approximate surface area is 171 Å². The molecule has 0 amide bonds. The van der Waals surface area contributed by atoms with E-state index in [1.54, 1.807) is 42.5 Å². The molecule has 6 heteroatoms. The first-order valence-corrected chi connectivity index (χ1v) is 9.33. The normalized spacial score (nSPS) is 11.8. The third kappa shape index (κ3) is 5.06. The van der Waals surface area contributed by atoms with Crippen molar-refractivity contribution in [3.05, 3.63) is 95.1 Å². The van der Waals surface area contributed by atoms with Crippen LogP contribution in [0.2, 0.25) is 0 Å². The van der Waals surface area contributed by atoms with Crippen LogP contribution in [0.25, 0.3) is 17.2 Å². The molecular formula is C24H19F5O. The minimum atomic E-state index is -4.59. The van der Waals surface area contributed by atoms with Gasteiger partial charge in [-0.2, -0.15) is 13.2 Å². The lowest BCUT2D eigenvalue weighted by Crippen LogP contribution is -2.05. The molecule has 156 valence electrons. The average molecular weight is 418 g/mol. The number of alkyl halides is 3. The van der Waals surface area contributed by atoms with Crippen LogP contribution in [0, 0.1) is 11.6 Å². The van der Waals surface area contributed by atoms with Gasteiger partial charge in [0.1, 0.15) is 24.0 Å². The summed E-state index contributed by atoms with van der Waals surface area (Å²) in [7, 11) is 0. The van der Waals surface area contributed by atoms with Crippen LogP contribution in [0.3, 0.4) is 0 Å². The first-order chi connectivity index (χ1) is 14.3. The fraction of sp³-hybridized carbons (Fsp3) is 0.167. The van der Waals surface area contributed by atoms with Crippen LogP contribution in [-0.4, -0.2) is 6.61 Å². The summed E-state index contributed by atoms with van der Waals surface area (Å²) in [5, 5.41) is 0. The minimum Gasteiger partial charge on any atom is -0.490 e. The Morgan fingerprint density at radius 3 is 2.40 bits per heavy atom. The molecule has 30 heavy (non-hydrogen) atoms. The number of ether oxygens (including phenoxy) is 1. The number of halogens is 5. The molecule has 0 aromatic heterocycles. The van der Waals surface area contributed by atoms with Gasteiger partial charge in [-0.05, 0) is 47.9 Å². The molecule has 0 radical (unpaired) electrons. The summed E-state index contributed by atoms with van der Waals surface area (Å²) in [6.07, 6.45) is -1.16. The Morgan fingerprint density at radius 1 is 0.933 bits per heavy atom. The maximum atomic E-state index is 14.6. The predicted molar refractivity (Wildman–Crippen MR) is 107 cm³/mol. The minimum absolute atomic E-state index is 0.0267. The SMILES string of the molecule is CCc1cccc(-c2cccc(OC/C=C/c3ccc(C(F)(F)F)cc3F)c2)c1F. The van der Waals surface area contributed by atoms with Crippen molar-refractivity contribution in [3.63, 3.8) is 0 Å². The van der Waals surface area contributed by atoms with Gasteiger partial charge in [-0.1, -0.05) is 49.4 Å². The zero-order valence-corrected chi connectivity index (χ0v) is 16.1. The average Bonchev–Trinajstić information content (AvgIpc) is 2.72. The molecule has 0 bridgehead atoms. The molecule has 0 unspecified atom stereocenters. The third-order valence-corrected chi connectivity index (χ3v) is 4.58. The zero-order valence-electron chi connectivity index (χ0n) is 16.1. The lowest BCUT2D eigenvalue weighted by molar-refractivity contribution is -0.137. The lowest BCUT2D eigenvalue weighted by Gasteiger charge is -2.09. The fourth-order valence-corrected chi connectivity index (χ4v) is 2.99. The number of hydrogen-bond acceptors (Lipinski definition) is 1. The molecule has 0 aliphatic rings. The summed E-state index contributed by atoms with van der Waals surface area (Å²) in [4.78, 5) is 0. The molecule has 0 heterocycles. The van der Waals surface area contributed by atoms with Gasteiger partial charge in [0.05, 0.1) is 5.56 Å². The van der Waals surface area contributed by atoms with E-state index in [4.69, 9.17) is 4.74 Å². The van der Waals surface area contributed by atoms with Gasteiger partial charge < -0.3 is 4.74 Å². The number of benzene rings is 3. The van der Waals surface area contributed by atoms with Gasteiger partial charge in [0, 0.05) is 11.1 Å². The molecular weight excluding hydrogens is 399 g/mol. The predicted octanol–water partition coefficient (Wildman–Crippen LogP) is 7.31. The molecule has 0 aliphatic heterocycles. The summed E-state index contributed by atoms with van der Waals surface area (Å²) in [5.41, 5.74) is 0.754. The van der Waals surface area contributed by atoms with Crippen molar-refractivity contribution < 1.29 is 26.7 Å². The molecule has 3 rings (SSSR count). The Bertz CT molecular complexity index is 1050. The Kier molecular flexibility index (Phi) is 6.55. The lowest BCUT2D eigenvalue weighted by atomic mass is 10.0. The Hall–Kier alpha value is -3.15. The summed E-state index contributed by atoms with van der Waals surface area (Å²) in [6.45, 7) is 1.95. The standard InChI is InChI=1S/C24H19F5O/c1-2-16-6-4-10-21(23(16)26)18-7-3-9-20(14-18)30-13-5-8-17-11-12-19(15-22(17)25)24(27,28)29/h3-12,14-15H,2,13H2,1H3/b8-5+. The van der Waals surface area contributed by atoms with Gasteiger partial charge >= 0.3 is 6.18 Å². The summed E-state index contributed by atoms with van der Waals surface area (Å²) in [6, 6.07) is 14.5. The first kappa shape index (κ1) is 21.6. The second-order valence-corrected chi connectivity index (χ2v) is 6.61. The largest absolute Gasteiger partial charge is 0.490 e. The summed E-state index contributed by atoms with van der Waals surface area (Å²) in [5.74, 6) is -0.740. The van der Waals surface area contributed by atoms with E-state index in [0.717, 1.165) is 12.1 Å². The van der Waals surface area contributed by atoms with Gasteiger partial charge in [-0.25, -0.2) is 8.78 Å². The van der Waals surface area contributed by atoms with Crippen molar-refractivity contribution in [2.75, 3.05) is 6.61 Å². The highest BCUT2D eigenvalue weighted by molar-refractivity contribution is 5.66. The van der Waals surface area contributed by atoms with Crippen LogP contribution in [0.1, 0.15) is 23.6 Å². The van der Waals surface area contributed by atoms with Crippen LogP contribution in [0.15, 0.2) is 66.7 Å². The van der Waals surface area contributed by atoms with Gasteiger partial charge in [-0.3, -0.25) is 0 Å². The summed E-state index contributed by atoms with van der Waals surface area (Å²) >= 11 is 0. The van der Waals surface area contributed by atoms with Crippen LogP contribution in [0.5, 0.6) is 5.75 Å². The first-order valence-electron chi connectivity index (χ1n) is 9.33. The van der Waals surface area contributed by atoms with Crippen molar-refractivity contribution in [1.82, 2.24) is 0 Å². The molecule has 0 N–H and O–H groups in total. The van der Waals surface area contributed by atoms with Crippen molar-refractivity contribution >= 4 is 6.08 Å². The Balaban J connectivity index is 1.68. The van der Waals surface area contributed by atoms with Crippen LogP contribution in [-0.2, 0) is 12.6 Å². The Morgan fingerprint density at radius 2 is 1.70 bits per heavy atom. The summed E-state index contributed by atoms with van der Waals surface area (Å²) < 4.78 is 71.8. The van der Waals surface area contributed by atoms with Crippen LogP contribution in [0.4, 0.5) is 22.0 Å². The molecule has 0 atom stereocenters. The number of aryl methyl sites for hydroxylation is 1. The zero-order chi connectivity index (χ0) is 21.7. The van der Waals surface area contributed by atoms with Gasteiger partial charge in [0.2, 0.25) is 0 Å². The smallest absolute Gasteiger partial charge is 0.416 e. The van der Waals surface area contributed by atoms with Crippen molar-refractivity contribution in [1.29, 1.82) is 0 Å². The third-order valence-electron chi connectivity index (χ3n) is 4.58. The number of rotatable bonds is 6. The van der Waals surface area contributed by atoms with Gasteiger partial charge in [0.25, 0.3) is 0 Å². The van der Waals surface area contributed by atoms with Crippen molar-refractivity contribution in [2.45, 2.75) is 19.5 Å². The second kappa shape index (κ2) is 9.11. The van der Waals surface area contributed by atoms with E-state index < -0.39 is 17.6 Å². The van der Waals surface area contributed by atoms with E-state index in [9.17, 15) is 22.0 Å². The van der Waals surface area contributed by atoms with Crippen molar-refractivity contribution in [3.8, 4) is 16.9 Å². The monoisotopic (exact) mass is 418 g/mol.